The highest BCUT2D eigenvalue weighted by Crippen LogP contribution is 2.23. The summed E-state index contributed by atoms with van der Waals surface area (Å²) >= 11 is 7.96. The van der Waals surface area contributed by atoms with Crippen molar-refractivity contribution in [2.45, 2.75) is 13.3 Å². The highest BCUT2D eigenvalue weighted by Gasteiger charge is 2.17. The minimum atomic E-state index is -0.339. The van der Waals surface area contributed by atoms with Crippen LogP contribution in [0.3, 0.4) is 0 Å². The largest absolute Gasteiger partial charge is 0.395 e. The molecule has 0 radical (unpaired) electrons. The molecule has 0 spiro atoms. The van der Waals surface area contributed by atoms with E-state index in [-0.39, 0.29) is 11.6 Å². The highest BCUT2D eigenvalue weighted by molar-refractivity contribution is 14.1. The minimum absolute atomic E-state index is 0.211. The number of carbonyl (C=O) groups excluding carboxylic acids is 1. The molecular formula is C12H12ClIN4O. The van der Waals surface area contributed by atoms with E-state index < -0.39 is 0 Å². The van der Waals surface area contributed by atoms with Gasteiger partial charge in [-0.1, -0.05) is 18.5 Å². The van der Waals surface area contributed by atoms with Gasteiger partial charge in [0.1, 0.15) is 0 Å². The summed E-state index contributed by atoms with van der Waals surface area (Å²) in [5.41, 5.74) is 7.89. The van der Waals surface area contributed by atoms with Crippen LogP contribution in [0.5, 0.6) is 0 Å². The average Bonchev–Trinajstić information content (AvgIpc) is 2.74. The fourth-order valence-electron chi connectivity index (χ4n) is 1.60. The molecular weight excluding hydrogens is 379 g/mol. The highest BCUT2D eigenvalue weighted by atomic mass is 127. The van der Waals surface area contributed by atoms with E-state index >= 15 is 0 Å². The third-order valence-corrected chi connectivity index (χ3v) is 3.76. The number of H-pyrrole nitrogens is 1. The summed E-state index contributed by atoms with van der Waals surface area (Å²) in [5, 5.41) is 10.1. The summed E-state index contributed by atoms with van der Waals surface area (Å²) in [5.74, 6) is -0.339. The molecule has 1 aromatic heterocycles. The van der Waals surface area contributed by atoms with E-state index in [0.717, 1.165) is 9.26 Å². The first-order chi connectivity index (χ1) is 9.02. The van der Waals surface area contributed by atoms with Gasteiger partial charge in [0.05, 0.1) is 17.1 Å². The number of nitrogen functional groups attached to an aromatic ring is 1. The van der Waals surface area contributed by atoms with Gasteiger partial charge >= 0.3 is 0 Å². The molecule has 0 aliphatic heterocycles. The average molecular weight is 391 g/mol. The number of anilines is 2. The van der Waals surface area contributed by atoms with Crippen LogP contribution in [0.15, 0.2) is 18.2 Å². The van der Waals surface area contributed by atoms with Crippen molar-refractivity contribution in [1.29, 1.82) is 0 Å². The zero-order valence-corrected chi connectivity index (χ0v) is 13.0. The summed E-state index contributed by atoms with van der Waals surface area (Å²) in [7, 11) is 0. The van der Waals surface area contributed by atoms with Gasteiger partial charge in [-0.15, -0.1) is 0 Å². The van der Waals surface area contributed by atoms with Crippen LogP contribution in [0.1, 0.15) is 23.1 Å². The van der Waals surface area contributed by atoms with Crippen LogP contribution < -0.4 is 11.1 Å². The summed E-state index contributed by atoms with van der Waals surface area (Å²) in [4.78, 5) is 12.1. The minimum Gasteiger partial charge on any atom is -0.395 e. The van der Waals surface area contributed by atoms with E-state index in [0.29, 0.717) is 22.8 Å². The molecule has 0 fully saturated rings. The summed E-state index contributed by atoms with van der Waals surface area (Å²) in [6.07, 6.45) is 0.699. The number of hydrogen-bond acceptors (Lipinski definition) is 3. The van der Waals surface area contributed by atoms with E-state index in [4.69, 9.17) is 17.3 Å². The zero-order chi connectivity index (χ0) is 14.0. The number of amides is 1. The van der Waals surface area contributed by atoms with Crippen molar-refractivity contribution < 1.29 is 4.79 Å². The van der Waals surface area contributed by atoms with Crippen LogP contribution in [-0.4, -0.2) is 16.1 Å². The fourth-order valence-corrected chi connectivity index (χ4v) is 2.61. The number of nitrogens with one attached hydrogen (secondary N) is 2. The zero-order valence-electron chi connectivity index (χ0n) is 10.1. The summed E-state index contributed by atoms with van der Waals surface area (Å²) < 4.78 is 0.850. The molecule has 7 heteroatoms. The van der Waals surface area contributed by atoms with Gasteiger partial charge in [0.25, 0.3) is 5.91 Å². The molecule has 0 atom stereocenters. The lowest BCUT2D eigenvalue weighted by atomic mass is 10.2. The van der Waals surface area contributed by atoms with E-state index in [2.05, 4.69) is 38.1 Å². The van der Waals surface area contributed by atoms with Crippen LogP contribution >= 0.6 is 34.2 Å². The van der Waals surface area contributed by atoms with Crippen molar-refractivity contribution in [3.8, 4) is 0 Å². The number of aromatic nitrogens is 2. The second kappa shape index (κ2) is 5.79. The van der Waals surface area contributed by atoms with Crippen molar-refractivity contribution in [1.82, 2.24) is 10.2 Å². The molecule has 4 N–H and O–H groups in total. The fraction of sp³-hybridized carbons (Fsp3) is 0.167. The van der Waals surface area contributed by atoms with E-state index in [1.807, 2.05) is 6.92 Å². The molecule has 0 bridgehead atoms. The molecule has 2 aromatic rings. The molecule has 0 saturated carbocycles. The molecule has 1 heterocycles. The monoisotopic (exact) mass is 390 g/mol. The first kappa shape index (κ1) is 14.1. The van der Waals surface area contributed by atoms with Gasteiger partial charge in [-0.2, -0.15) is 5.10 Å². The third-order valence-electron chi connectivity index (χ3n) is 2.63. The van der Waals surface area contributed by atoms with Gasteiger partial charge in [0.2, 0.25) is 0 Å². The lowest BCUT2D eigenvalue weighted by Crippen LogP contribution is -2.15. The lowest BCUT2D eigenvalue weighted by molar-refractivity contribution is 0.102. The van der Waals surface area contributed by atoms with Crippen molar-refractivity contribution in [3.63, 3.8) is 0 Å². The van der Waals surface area contributed by atoms with Crippen LogP contribution in [0.4, 0.5) is 11.4 Å². The van der Waals surface area contributed by atoms with Gasteiger partial charge < -0.3 is 11.1 Å². The van der Waals surface area contributed by atoms with Crippen LogP contribution in [0.2, 0.25) is 5.02 Å². The number of hydrogen-bond donors (Lipinski definition) is 3. The number of aryl methyl sites for hydroxylation is 1. The molecule has 5 nitrogen and oxygen atoms in total. The van der Waals surface area contributed by atoms with Crippen LogP contribution in [0.25, 0.3) is 0 Å². The third kappa shape index (κ3) is 3.01. The maximum Gasteiger partial charge on any atom is 0.278 e. The van der Waals surface area contributed by atoms with Gasteiger partial charge in [0, 0.05) is 8.59 Å². The van der Waals surface area contributed by atoms with E-state index in [1.165, 1.54) is 0 Å². The first-order valence-corrected chi connectivity index (χ1v) is 7.07. The predicted molar refractivity (Wildman–Crippen MR) is 84.5 cm³/mol. The Bertz CT molecular complexity index is 626. The lowest BCUT2D eigenvalue weighted by Gasteiger charge is -2.06. The predicted octanol–water partition coefficient (Wildman–Crippen LogP) is 3.06. The number of halogens is 2. The number of nitrogens with zero attached hydrogens (tertiary/aromatic N) is 1. The second-order valence-corrected chi connectivity index (χ2v) is 5.49. The number of carbonyl (C=O) groups is 1. The normalized spacial score (nSPS) is 10.5. The smallest absolute Gasteiger partial charge is 0.278 e. The van der Waals surface area contributed by atoms with E-state index in [1.54, 1.807) is 18.2 Å². The molecule has 2 rings (SSSR count). The first-order valence-electron chi connectivity index (χ1n) is 5.62. The van der Waals surface area contributed by atoms with Crippen molar-refractivity contribution in [2.24, 2.45) is 0 Å². The Balaban J connectivity index is 2.23. The Morgan fingerprint density at radius 1 is 1.58 bits per heavy atom. The van der Waals surface area contributed by atoms with Crippen molar-refractivity contribution in [3.05, 3.63) is 38.2 Å². The number of aromatic amines is 1. The molecule has 1 amide bonds. The van der Waals surface area contributed by atoms with Gasteiger partial charge in [0.15, 0.2) is 5.69 Å². The Morgan fingerprint density at radius 2 is 2.32 bits per heavy atom. The molecule has 19 heavy (non-hydrogen) atoms. The van der Waals surface area contributed by atoms with Gasteiger partial charge in [-0.3, -0.25) is 9.89 Å². The SMILES string of the molecule is CCc1[nH]nc(C(=O)Nc2ccc(Cl)cc2I)c1N. The number of rotatable bonds is 3. The summed E-state index contributed by atoms with van der Waals surface area (Å²) in [6.45, 7) is 1.94. The Labute approximate surface area is 129 Å². The standard InChI is InChI=1S/C12H12ClIN4O/c1-2-8-10(15)11(18-17-8)12(19)16-9-4-3-6(13)5-7(9)14/h3-5H,2,15H2,1H3,(H,16,19)(H,17,18). The second-order valence-electron chi connectivity index (χ2n) is 3.90. The Hall–Kier alpha value is -1.28. The van der Waals surface area contributed by atoms with E-state index in [9.17, 15) is 4.79 Å². The number of nitrogens with two attached hydrogens (primary N) is 1. The maximum absolute atomic E-state index is 12.1. The Kier molecular flexibility index (Phi) is 4.31. The Morgan fingerprint density at radius 3 is 2.89 bits per heavy atom. The van der Waals surface area contributed by atoms with Crippen LogP contribution in [0, 0.1) is 3.57 Å². The molecule has 0 aliphatic carbocycles. The van der Waals surface area contributed by atoms with Crippen molar-refractivity contribution >= 4 is 51.5 Å². The quantitative estimate of drug-likeness (QED) is 0.704. The molecule has 0 unspecified atom stereocenters. The summed E-state index contributed by atoms with van der Waals surface area (Å²) in [6, 6.07) is 5.22. The maximum atomic E-state index is 12.1. The molecule has 1 aromatic carbocycles. The number of benzene rings is 1. The molecule has 0 saturated heterocycles. The molecule has 0 aliphatic rings. The molecule has 100 valence electrons. The van der Waals surface area contributed by atoms with Gasteiger partial charge in [-0.25, -0.2) is 0 Å². The van der Waals surface area contributed by atoms with Gasteiger partial charge in [-0.05, 0) is 47.2 Å². The topological polar surface area (TPSA) is 83.8 Å². The van der Waals surface area contributed by atoms with Crippen molar-refractivity contribution in [2.75, 3.05) is 11.1 Å². The van der Waals surface area contributed by atoms with Crippen LogP contribution in [-0.2, 0) is 6.42 Å².